The van der Waals surface area contributed by atoms with Gasteiger partial charge in [-0.05, 0) is 23.3 Å². The minimum atomic E-state index is -0.597. The first-order valence-electron chi connectivity index (χ1n) is 5.61. The van der Waals surface area contributed by atoms with Crippen molar-refractivity contribution in [1.29, 1.82) is 0 Å². The number of aliphatic hydroxyl groups is 1. The Balaban J connectivity index is 2.33. The summed E-state index contributed by atoms with van der Waals surface area (Å²) in [5.41, 5.74) is 1.44. The predicted octanol–water partition coefficient (Wildman–Crippen LogP) is 2.49. The van der Waals surface area contributed by atoms with E-state index in [4.69, 9.17) is 0 Å². The Hall–Kier alpha value is -1.74. The molecule has 2 rings (SSSR count). The van der Waals surface area contributed by atoms with Crippen LogP contribution in [-0.4, -0.2) is 15.1 Å². The van der Waals surface area contributed by atoms with E-state index in [0.29, 0.717) is 0 Å². The topological polar surface area (TPSA) is 46.0 Å². The maximum atomic E-state index is 10.4. The number of aliphatic hydroxyl groups excluding tert-OH is 1. The lowest BCUT2D eigenvalue weighted by Crippen LogP contribution is -2.27. The lowest BCUT2D eigenvalue weighted by molar-refractivity contribution is 0.0997. The first-order chi connectivity index (χ1) is 8.12. The molecule has 0 aromatic carbocycles. The summed E-state index contributed by atoms with van der Waals surface area (Å²) in [4.78, 5) is 8.14. The molecule has 0 aliphatic carbocycles. The molecule has 17 heavy (non-hydrogen) atoms. The highest BCUT2D eigenvalue weighted by Crippen LogP contribution is 2.35. The highest BCUT2D eigenvalue weighted by molar-refractivity contribution is 5.26. The maximum Gasteiger partial charge on any atom is 0.0896 e. The van der Waals surface area contributed by atoms with Gasteiger partial charge in [0.1, 0.15) is 0 Å². The quantitative estimate of drug-likeness (QED) is 0.877. The maximum absolute atomic E-state index is 10.4. The van der Waals surface area contributed by atoms with Crippen molar-refractivity contribution in [2.24, 2.45) is 0 Å². The van der Waals surface area contributed by atoms with Crippen molar-refractivity contribution < 1.29 is 5.11 Å². The van der Waals surface area contributed by atoms with E-state index in [9.17, 15) is 5.11 Å². The number of nitrogens with zero attached hydrogens (tertiary/aromatic N) is 2. The Morgan fingerprint density at radius 2 is 1.71 bits per heavy atom. The van der Waals surface area contributed by atoms with Crippen LogP contribution >= 0.6 is 0 Å². The minimum absolute atomic E-state index is 0.392. The summed E-state index contributed by atoms with van der Waals surface area (Å²) in [5.74, 6) is 0. The first-order valence-corrected chi connectivity index (χ1v) is 5.61. The molecule has 0 saturated carbocycles. The van der Waals surface area contributed by atoms with Gasteiger partial charge in [-0.1, -0.05) is 26.0 Å². The molecule has 1 unspecified atom stereocenters. The van der Waals surface area contributed by atoms with Crippen molar-refractivity contribution in [2.45, 2.75) is 25.4 Å². The Labute approximate surface area is 101 Å². The number of hydrogen-bond donors (Lipinski definition) is 1. The van der Waals surface area contributed by atoms with Crippen LogP contribution in [0.5, 0.6) is 0 Å². The molecule has 0 radical (unpaired) electrons. The third-order valence-corrected chi connectivity index (χ3v) is 3.09. The standard InChI is InChI=1S/C14H16N2O/c1-14(2,12-6-4-8-16-10-12)13(17)11-5-3-7-15-9-11/h3-10,13,17H,1-2H3. The lowest BCUT2D eigenvalue weighted by Gasteiger charge is -2.30. The summed E-state index contributed by atoms with van der Waals surface area (Å²) in [5, 5.41) is 10.4. The van der Waals surface area contributed by atoms with E-state index >= 15 is 0 Å². The van der Waals surface area contributed by atoms with E-state index in [2.05, 4.69) is 9.97 Å². The SMILES string of the molecule is CC(C)(c1cccnc1)C(O)c1cccnc1. The molecule has 0 amide bonds. The Morgan fingerprint density at radius 1 is 1.06 bits per heavy atom. The molecule has 2 heterocycles. The van der Waals surface area contributed by atoms with Gasteiger partial charge in [0.25, 0.3) is 0 Å². The molecule has 2 aromatic rings. The van der Waals surface area contributed by atoms with Crippen LogP contribution in [-0.2, 0) is 5.41 Å². The normalized spacial score (nSPS) is 13.4. The molecule has 1 N–H and O–H groups in total. The van der Waals surface area contributed by atoms with Crippen LogP contribution in [0.1, 0.15) is 31.1 Å². The van der Waals surface area contributed by atoms with Crippen molar-refractivity contribution >= 4 is 0 Å². The second-order valence-electron chi connectivity index (χ2n) is 4.65. The number of hydrogen-bond acceptors (Lipinski definition) is 3. The summed E-state index contributed by atoms with van der Waals surface area (Å²) < 4.78 is 0. The summed E-state index contributed by atoms with van der Waals surface area (Å²) >= 11 is 0. The molecule has 0 fully saturated rings. The van der Waals surface area contributed by atoms with Gasteiger partial charge in [-0.2, -0.15) is 0 Å². The number of pyridine rings is 2. The number of aromatic nitrogens is 2. The highest BCUT2D eigenvalue weighted by atomic mass is 16.3. The Bertz CT molecular complexity index is 468. The van der Waals surface area contributed by atoms with Gasteiger partial charge >= 0.3 is 0 Å². The van der Waals surface area contributed by atoms with E-state index in [-0.39, 0.29) is 0 Å². The fraction of sp³-hybridized carbons (Fsp3) is 0.286. The molecular weight excluding hydrogens is 212 g/mol. The summed E-state index contributed by atoms with van der Waals surface area (Å²) in [6.07, 6.45) is 6.33. The third-order valence-electron chi connectivity index (χ3n) is 3.09. The largest absolute Gasteiger partial charge is 0.387 e. The van der Waals surface area contributed by atoms with Gasteiger partial charge in [0.15, 0.2) is 0 Å². The van der Waals surface area contributed by atoms with Crippen molar-refractivity contribution in [3.8, 4) is 0 Å². The van der Waals surface area contributed by atoms with Gasteiger partial charge in [-0.15, -0.1) is 0 Å². The van der Waals surface area contributed by atoms with E-state index in [0.717, 1.165) is 11.1 Å². The molecule has 0 aliphatic rings. The summed E-state index contributed by atoms with van der Waals surface area (Å²) in [7, 11) is 0. The second-order valence-corrected chi connectivity index (χ2v) is 4.65. The van der Waals surface area contributed by atoms with Gasteiger partial charge in [0.05, 0.1) is 6.10 Å². The minimum Gasteiger partial charge on any atom is -0.387 e. The van der Waals surface area contributed by atoms with Crippen LogP contribution in [0.15, 0.2) is 49.1 Å². The molecule has 3 nitrogen and oxygen atoms in total. The third kappa shape index (κ3) is 2.34. The smallest absolute Gasteiger partial charge is 0.0896 e. The van der Waals surface area contributed by atoms with Crippen molar-refractivity contribution in [3.05, 3.63) is 60.2 Å². The monoisotopic (exact) mass is 228 g/mol. The van der Waals surface area contributed by atoms with Gasteiger partial charge in [-0.25, -0.2) is 0 Å². The van der Waals surface area contributed by atoms with E-state index in [1.165, 1.54) is 0 Å². The predicted molar refractivity (Wildman–Crippen MR) is 66.5 cm³/mol. The van der Waals surface area contributed by atoms with Crippen molar-refractivity contribution in [1.82, 2.24) is 9.97 Å². The van der Waals surface area contributed by atoms with Gasteiger partial charge < -0.3 is 5.11 Å². The van der Waals surface area contributed by atoms with E-state index in [1.807, 2.05) is 38.1 Å². The van der Waals surface area contributed by atoms with Gasteiger partial charge in [-0.3, -0.25) is 9.97 Å². The lowest BCUT2D eigenvalue weighted by atomic mass is 9.78. The molecule has 0 bridgehead atoms. The van der Waals surface area contributed by atoms with Crippen LogP contribution in [0.2, 0.25) is 0 Å². The molecule has 88 valence electrons. The van der Waals surface area contributed by atoms with Crippen molar-refractivity contribution in [3.63, 3.8) is 0 Å². The van der Waals surface area contributed by atoms with E-state index < -0.39 is 11.5 Å². The molecule has 2 aromatic heterocycles. The van der Waals surface area contributed by atoms with Gasteiger partial charge in [0, 0.05) is 30.2 Å². The Morgan fingerprint density at radius 3 is 2.24 bits per heavy atom. The van der Waals surface area contributed by atoms with E-state index in [1.54, 1.807) is 24.8 Å². The Kier molecular flexibility index (Phi) is 3.20. The number of rotatable bonds is 3. The molecular formula is C14H16N2O. The molecule has 0 spiro atoms. The fourth-order valence-corrected chi connectivity index (χ4v) is 1.86. The van der Waals surface area contributed by atoms with Crippen LogP contribution in [0.4, 0.5) is 0 Å². The highest BCUT2D eigenvalue weighted by Gasteiger charge is 2.31. The second kappa shape index (κ2) is 4.63. The molecule has 1 atom stereocenters. The summed E-state index contributed by atoms with van der Waals surface area (Å²) in [6.45, 7) is 4.00. The zero-order chi connectivity index (χ0) is 12.3. The van der Waals surface area contributed by atoms with Gasteiger partial charge in [0.2, 0.25) is 0 Å². The first kappa shape index (κ1) is 11.7. The van der Waals surface area contributed by atoms with Crippen LogP contribution in [0.3, 0.4) is 0 Å². The molecule has 3 heteroatoms. The van der Waals surface area contributed by atoms with Crippen LogP contribution in [0.25, 0.3) is 0 Å². The zero-order valence-corrected chi connectivity index (χ0v) is 10.0. The van der Waals surface area contributed by atoms with Crippen LogP contribution < -0.4 is 0 Å². The fourth-order valence-electron chi connectivity index (χ4n) is 1.86. The molecule has 0 saturated heterocycles. The van der Waals surface area contributed by atoms with Crippen molar-refractivity contribution in [2.75, 3.05) is 0 Å². The average Bonchev–Trinajstić information content (AvgIpc) is 2.40. The summed E-state index contributed by atoms with van der Waals surface area (Å²) in [6, 6.07) is 7.58. The van der Waals surface area contributed by atoms with Crippen LogP contribution in [0, 0.1) is 0 Å². The molecule has 0 aliphatic heterocycles. The zero-order valence-electron chi connectivity index (χ0n) is 10.0. The average molecular weight is 228 g/mol.